The molecular formula is C17H18F3NO3. The predicted octanol–water partition coefficient (Wildman–Crippen LogP) is 3.16. The standard InChI is InChI=1S/C17H18F3NO3/c1-24-14(22)11-8-16(10-17(19,20)9-11)5-6-21(15(16)23)13-4-2-3-12(18)7-13/h2-4,7,11H,5-6,8-10H2,1H3/t11-,16?/m0/s1. The number of halogens is 3. The van der Waals surface area contributed by atoms with Crippen LogP contribution in [0.25, 0.3) is 0 Å². The second kappa shape index (κ2) is 5.79. The minimum atomic E-state index is -3.11. The lowest BCUT2D eigenvalue weighted by atomic mass is 9.67. The lowest BCUT2D eigenvalue weighted by Gasteiger charge is -2.39. The second-order valence-electron chi connectivity index (χ2n) is 6.63. The monoisotopic (exact) mass is 341 g/mol. The maximum atomic E-state index is 14.2. The summed E-state index contributed by atoms with van der Waals surface area (Å²) in [5.41, 5.74) is -0.951. The molecule has 0 bridgehead atoms. The third-order valence-corrected chi connectivity index (χ3v) is 4.95. The van der Waals surface area contributed by atoms with Gasteiger partial charge in [-0.25, -0.2) is 13.2 Å². The zero-order valence-electron chi connectivity index (χ0n) is 13.2. The number of carbonyl (C=O) groups is 2. The van der Waals surface area contributed by atoms with Crippen molar-refractivity contribution in [3.05, 3.63) is 30.1 Å². The molecule has 1 aliphatic carbocycles. The number of esters is 1. The Bertz CT molecular complexity index is 679. The number of methoxy groups -OCH3 is 1. The number of hydrogen-bond donors (Lipinski definition) is 0. The summed E-state index contributed by atoms with van der Waals surface area (Å²) in [6.07, 6.45) is -0.932. The molecule has 1 aromatic rings. The smallest absolute Gasteiger partial charge is 0.308 e. The van der Waals surface area contributed by atoms with E-state index in [1.165, 1.54) is 23.1 Å². The summed E-state index contributed by atoms with van der Waals surface area (Å²) in [7, 11) is 1.15. The number of anilines is 1. The van der Waals surface area contributed by atoms with Crippen LogP contribution in [0.3, 0.4) is 0 Å². The molecule has 2 aliphatic rings. The maximum Gasteiger partial charge on any atom is 0.308 e. The van der Waals surface area contributed by atoms with Gasteiger partial charge in [0.05, 0.1) is 18.4 Å². The van der Waals surface area contributed by atoms with Crippen molar-refractivity contribution >= 4 is 17.6 Å². The summed E-state index contributed by atoms with van der Waals surface area (Å²) in [6.45, 7) is 0.228. The van der Waals surface area contributed by atoms with Gasteiger partial charge in [-0.1, -0.05) is 6.07 Å². The Hall–Kier alpha value is -2.05. The van der Waals surface area contributed by atoms with Crippen molar-refractivity contribution in [3.63, 3.8) is 0 Å². The lowest BCUT2D eigenvalue weighted by Crippen LogP contribution is -2.47. The van der Waals surface area contributed by atoms with E-state index in [4.69, 9.17) is 0 Å². The van der Waals surface area contributed by atoms with Gasteiger partial charge in [-0.15, -0.1) is 0 Å². The molecule has 1 aliphatic heterocycles. The molecule has 24 heavy (non-hydrogen) atoms. The largest absolute Gasteiger partial charge is 0.469 e. The first-order valence-electron chi connectivity index (χ1n) is 7.80. The fourth-order valence-electron chi connectivity index (χ4n) is 3.94. The van der Waals surface area contributed by atoms with Gasteiger partial charge in [0.2, 0.25) is 11.8 Å². The summed E-state index contributed by atoms with van der Waals surface area (Å²) in [4.78, 5) is 26.0. The van der Waals surface area contributed by atoms with Crippen LogP contribution in [0.5, 0.6) is 0 Å². The summed E-state index contributed by atoms with van der Waals surface area (Å²) in [6, 6.07) is 5.49. The highest BCUT2D eigenvalue weighted by molar-refractivity contribution is 6.00. The van der Waals surface area contributed by atoms with Crippen LogP contribution < -0.4 is 4.90 Å². The molecule has 0 aromatic heterocycles. The van der Waals surface area contributed by atoms with Crippen LogP contribution in [0.2, 0.25) is 0 Å². The highest BCUT2D eigenvalue weighted by atomic mass is 19.3. The molecule has 3 rings (SSSR count). The van der Waals surface area contributed by atoms with E-state index < -0.39 is 47.8 Å². The van der Waals surface area contributed by atoms with Gasteiger partial charge in [-0.3, -0.25) is 9.59 Å². The van der Waals surface area contributed by atoms with Crippen molar-refractivity contribution in [2.45, 2.75) is 31.6 Å². The summed E-state index contributed by atoms with van der Waals surface area (Å²) < 4.78 is 46.4. The Morgan fingerprint density at radius 1 is 1.33 bits per heavy atom. The molecular weight excluding hydrogens is 323 g/mol. The molecule has 1 saturated carbocycles. The first-order valence-corrected chi connectivity index (χ1v) is 7.80. The maximum absolute atomic E-state index is 14.2. The molecule has 2 fully saturated rings. The Balaban J connectivity index is 1.90. The number of rotatable bonds is 2. The Morgan fingerprint density at radius 3 is 2.75 bits per heavy atom. The molecule has 2 atom stereocenters. The van der Waals surface area contributed by atoms with Crippen LogP contribution >= 0.6 is 0 Å². The predicted molar refractivity (Wildman–Crippen MR) is 80.1 cm³/mol. The highest BCUT2D eigenvalue weighted by Gasteiger charge is 2.58. The van der Waals surface area contributed by atoms with E-state index in [1.807, 2.05) is 0 Å². The Kier molecular flexibility index (Phi) is 4.05. The van der Waals surface area contributed by atoms with Crippen molar-refractivity contribution in [1.82, 2.24) is 0 Å². The average molecular weight is 341 g/mol. The first kappa shape index (κ1) is 16.8. The van der Waals surface area contributed by atoms with Crippen LogP contribution in [0.4, 0.5) is 18.9 Å². The number of carbonyl (C=O) groups excluding carboxylic acids is 2. The number of benzene rings is 1. The zero-order chi connectivity index (χ0) is 17.5. The van der Waals surface area contributed by atoms with Crippen LogP contribution in [0, 0.1) is 17.2 Å². The van der Waals surface area contributed by atoms with Gasteiger partial charge in [-0.05, 0) is 31.0 Å². The van der Waals surface area contributed by atoms with Crippen LogP contribution in [0.1, 0.15) is 25.7 Å². The average Bonchev–Trinajstić information content (AvgIpc) is 2.81. The van der Waals surface area contributed by atoms with E-state index in [1.54, 1.807) is 6.07 Å². The van der Waals surface area contributed by atoms with E-state index in [9.17, 15) is 22.8 Å². The minimum Gasteiger partial charge on any atom is -0.469 e. The molecule has 4 nitrogen and oxygen atoms in total. The van der Waals surface area contributed by atoms with E-state index in [2.05, 4.69) is 4.74 Å². The number of nitrogens with zero attached hydrogens (tertiary/aromatic N) is 1. The van der Waals surface area contributed by atoms with Crippen LogP contribution in [-0.4, -0.2) is 31.5 Å². The van der Waals surface area contributed by atoms with E-state index in [0.717, 1.165) is 7.11 Å². The third-order valence-electron chi connectivity index (χ3n) is 4.95. The second-order valence-corrected chi connectivity index (χ2v) is 6.63. The van der Waals surface area contributed by atoms with Gasteiger partial charge in [-0.2, -0.15) is 0 Å². The summed E-state index contributed by atoms with van der Waals surface area (Å²) in [5.74, 6) is -5.80. The van der Waals surface area contributed by atoms with Crippen molar-refractivity contribution in [2.24, 2.45) is 11.3 Å². The molecule has 1 unspecified atom stereocenters. The molecule has 1 heterocycles. The molecule has 7 heteroatoms. The quantitative estimate of drug-likeness (QED) is 0.777. The molecule has 1 amide bonds. The van der Waals surface area contributed by atoms with E-state index in [-0.39, 0.29) is 19.4 Å². The van der Waals surface area contributed by atoms with Gasteiger partial charge in [0.25, 0.3) is 0 Å². The minimum absolute atomic E-state index is 0.0416. The summed E-state index contributed by atoms with van der Waals surface area (Å²) in [5, 5.41) is 0. The van der Waals surface area contributed by atoms with Gasteiger partial charge in [0.15, 0.2) is 0 Å². The fourth-order valence-corrected chi connectivity index (χ4v) is 3.94. The highest BCUT2D eigenvalue weighted by Crippen LogP contribution is 2.53. The molecule has 1 spiro atoms. The molecule has 1 aromatic carbocycles. The lowest BCUT2D eigenvalue weighted by molar-refractivity contribution is -0.163. The van der Waals surface area contributed by atoms with Crippen molar-refractivity contribution < 1.29 is 27.5 Å². The fraction of sp³-hybridized carbons (Fsp3) is 0.529. The molecule has 0 radical (unpaired) electrons. The Labute approximate surface area is 137 Å². The molecule has 0 N–H and O–H groups in total. The third kappa shape index (κ3) is 2.87. The normalized spacial score (nSPS) is 29.1. The van der Waals surface area contributed by atoms with E-state index >= 15 is 0 Å². The van der Waals surface area contributed by atoms with Crippen molar-refractivity contribution in [2.75, 3.05) is 18.6 Å². The molecule has 1 saturated heterocycles. The first-order chi connectivity index (χ1) is 11.3. The van der Waals surface area contributed by atoms with Gasteiger partial charge in [0, 0.05) is 25.1 Å². The number of ether oxygens (including phenoxy) is 1. The zero-order valence-corrected chi connectivity index (χ0v) is 13.2. The van der Waals surface area contributed by atoms with Crippen LogP contribution in [-0.2, 0) is 14.3 Å². The van der Waals surface area contributed by atoms with Crippen molar-refractivity contribution in [1.29, 1.82) is 0 Å². The van der Waals surface area contributed by atoms with Gasteiger partial charge < -0.3 is 9.64 Å². The number of hydrogen-bond acceptors (Lipinski definition) is 3. The van der Waals surface area contributed by atoms with Gasteiger partial charge in [0.1, 0.15) is 5.82 Å². The summed E-state index contributed by atoms with van der Waals surface area (Å²) >= 11 is 0. The SMILES string of the molecule is COC(=O)[C@@H]1CC(F)(F)CC2(CCN(c3cccc(F)c3)C2=O)C1. The van der Waals surface area contributed by atoms with Gasteiger partial charge >= 0.3 is 5.97 Å². The number of amides is 1. The molecule has 130 valence electrons. The van der Waals surface area contributed by atoms with Crippen LogP contribution in [0.15, 0.2) is 24.3 Å². The van der Waals surface area contributed by atoms with E-state index in [0.29, 0.717) is 5.69 Å². The topological polar surface area (TPSA) is 46.6 Å². The number of alkyl halides is 2. The van der Waals surface area contributed by atoms with Crippen molar-refractivity contribution in [3.8, 4) is 0 Å². The Morgan fingerprint density at radius 2 is 2.08 bits per heavy atom.